The van der Waals surface area contributed by atoms with E-state index in [9.17, 15) is 33.2 Å². The molecule has 2 rings (SSSR count). The number of non-ortho nitro benzene ring substituents is 1. The van der Waals surface area contributed by atoms with Gasteiger partial charge in [0, 0.05) is 6.07 Å². The third kappa shape index (κ3) is 4.49. The first kappa shape index (κ1) is 20.0. The van der Waals surface area contributed by atoms with Crippen molar-refractivity contribution in [3.63, 3.8) is 0 Å². The van der Waals surface area contributed by atoms with Gasteiger partial charge in [0.25, 0.3) is 11.4 Å². The van der Waals surface area contributed by atoms with Gasteiger partial charge in [-0.25, -0.2) is 8.42 Å². The number of hydrogen-bond donors (Lipinski definition) is 1. The molecule has 0 aliphatic rings. The number of benzene rings is 2. The fourth-order valence-corrected chi connectivity index (χ4v) is 2.46. The van der Waals surface area contributed by atoms with Crippen LogP contribution in [-0.2, 0) is 10.1 Å². The van der Waals surface area contributed by atoms with Crippen LogP contribution < -0.4 is 34.9 Å². The smallest absolute Gasteiger partial charge is 0.744 e. The van der Waals surface area contributed by atoms with Gasteiger partial charge in [-0.05, 0) is 18.2 Å². The molecule has 0 spiro atoms. The Labute approximate surface area is 157 Å². The molecule has 2 aromatic carbocycles. The van der Waals surface area contributed by atoms with Crippen molar-refractivity contribution in [2.75, 3.05) is 5.32 Å². The van der Waals surface area contributed by atoms with E-state index in [1.54, 1.807) is 0 Å². The minimum absolute atomic E-state index is 0. The molecule has 10 nitrogen and oxygen atoms in total. The van der Waals surface area contributed by atoms with Crippen molar-refractivity contribution in [3.8, 4) is 0 Å². The summed E-state index contributed by atoms with van der Waals surface area (Å²) in [5.74, 6) is 0. The quantitative estimate of drug-likeness (QED) is 0.312. The van der Waals surface area contributed by atoms with Gasteiger partial charge in [-0.3, -0.25) is 20.2 Å². The third-order valence-corrected chi connectivity index (χ3v) is 3.71. The van der Waals surface area contributed by atoms with Gasteiger partial charge in [0.2, 0.25) is 0 Å². The van der Waals surface area contributed by atoms with E-state index in [4.69, 9.17) is 0 Å². The van der Waals surface area contributed by atoms with Crippen LogP contribution in [0.1, 0.15) is 0 Å². The van der Waals surface area contributed by atoms with E-state index in [1.165, 1.54) is 18.2 Å². The molecule has 0 aliphatic carbocycles. The topological polar surface area (TPSA) is 156 Å². The summed E-state index contributed by atoms with van der Waals surface area (Å²) in [6, 6.07) is 7.84. The molecule has 1 N–H and O–H groups in total. The van der Waals surface area contributed by atoms with E-state index in [-0.39, 0.29) is 40.9 Å². The summed E-state index contributed by atoms with van der Waals surface area (Å²) in [4.78, 5) is 19.5. The fourth-order valence-electron chi connectivity index (χ4n) is 1.82. The first-order valence-corrected chi connectivity index (χ1v) is 7.36. The van der Waals surface area contributed by atoms with Gasteiger partial charge in [0.1, 0.15) is 15.8 Å². The van der Waals surface area contributed by atoms with Crippen molar-refractivity contribution in [1.82, 2.24) is 0 Å². The largest absolute Gasteiger partial charge is 1.00 e. The molecule has 0 heterocycles. The molecule has 12 heteroatoms. The average Bonchev–Trinajstić information content (AvgIpc) is 2.46. The number of nitrogens with zero attached hydrogens (tertiary/aromatic N) is 2. The summed E-state index contributed by atoms with van der Waals surface area (Å²) in [6.07, 6.45) is 0. The molecule has 0 unspecified atom stereocenters. The molecule has 0 aliphatic heterocycles. The van der Waals surface area contributed by atoms with Crippen molar-refractivity contribution in [2.45, 2.75) is 4.90 Å². The number of nitrogens with one attached hydrogen (secondary N) is 1. The zero-order valence-electron chi connectivity index (χ0n) is 12.2. The average molecular weight is 361 g/mol. The van der Waals surface area contributed by atoms with Gasteiger partial charge < -0.3 is 9.87 Å². The van der Waals surface area contributed by atoms with Crippen LogP contribution in [0, 0.1) is 20.2 Å². The van der Waals surface area contributed by atoms with Crippen molar-refractivity contribution in [2.24, 2.45) is 0 Å². The van der Waals surface area contributed by atoms with Crippen LogP contribution in [0.5, 0.6) is 0 Å². The maximum Gasteiger partial charge on any atom is 1.00 e. The Balaban J connectivity index is 0.00000288. The fraction of sp³-hybridized carbons (Fsp3) is 0. The Kier molecular flexibility index (Phi) is 6.40. The van der Waals surface area contributed by atoms with Crippen LogP contribution in [0.2, 0.25) is 0 Å². The van der Waals surface area contributed by atoms with Gasteiger partial charge in [-0.15, -0.1) is 0 Å². The van der Waals surface area contributed by atoms with E-state index in [0.29, 0.717) is 0 Å². The molecule has 0 saturated carbocycles. The van der Waals surface area contributed by atoms with E-state index in [1.807, 2.05) is 0 Å². The monoisotopic (exact) mass is 361 g/mol. The van der Waals surface area contributed by atoms with Crippen molar-refractivity contribution >= 4 is 32.9 Å². The van der Waals surface area contributed by atoms with Crippen LogP contribution in [0.15, 0.2) is 47.4 Å². The minimum atomic E-state index is -4.80. The van der Waals surface area contributed by atoms with E-state index >= 15 is 0 Å². The SMILES string of the molecule is O=[N+]([O-])c1ccc(Nc2ccccc2S(=O)(=O)[O-])c([N+](=O)[O-])c1.[Na+]. The number of nitro benzene ring substituents is 2. The Morgan fingerprint density at radius 3 is 2.08 bits per heavy atom. The summed E-state index contributed by atoms with van der Waals surface area (Å²) >= 11 is 0. The predicted octanol–water partition coefficient (Wildman–Crippen LogP) is -0.845. The molecule has 120 valence electrons. The maximum atomic E-state index is 11.2. The van der Waals surface area contributed by atoms with E-state index in [2.05, 4.69) is 5.32 Å². The second-order valence-corrected chi connectivity index (χ2v) is 5.64. The molecule has 0 radical (unpaired) electrons. The Morgan fingerprint density at radius 1 is 0.917 bits per heavy atom. The molecule has 0 saturated heterocycles. The van der Waals surface area contributed by atoms with Crippen molar-refractivity contribution < 1.29 is 52.4 Å². The van der Waals surface area contributed by atoms with Gasteiger partial charge in [0.15, 0.2) is 0 Å². The molecule has 24 heavy (non-hydrogen) atoms. The number of nitro groups is 2. The predicted molar refractivity (Wildman–Crippen MR) is 77.4 cm³/mol. The van der Waals surface area contributed by atoms with Crippen LogP contribution >= 0.6 is 0 Å². The molecule has 0 fully saturated rings. The maximum absolute atomic E-state index is 11.2. The van der Waals surface area contributed by atoms with E-state index < -0.39 is 36.2 Å². The second-order valence-electron chi connectivity index (χ2n) is 4.29. The second kappa shape index (κ2) is 7.68. The molecular weight excluding hydrogens is 353 g/mol. The number of anilines is 2. The Morgan fingerprint density at radius 2 is 1.54 bits per heavy atom. The van der Waals surface area contributed by atoms with Gasteiger partial charge in [0.05, 0.1) is 26.5 Å². The normalized spacial score (nSPS) is 10.5. The molecule has 0 bridgehead atoms. The first-order chi connectivity index (χ1) is 10.7. The Hall–Kier alpha value is -2.05. The molecule has 2 aromatic rings. The summed E-state index contributed by atoms with van der Waals surface area (Å²) in [6.45, 7) is 0. The summed E-state index contributed by atoms with van der Waals surface area (Å²) in [5, 5.41) is 24.2. The van der Waals surface area contributed by atoms with Crippen molar-refractivity contribution in [3.05, 3.63) is 62.7 Å². The zero-order valence-corrected chi connectivity index (χ0v) is 15.0. The van der Waals surface area contributed by atoms with E-state index in [0.717, 1.165) is 24.3 Å². The Bertz CT molecular complexity index is 901. The molecule has 0 atom stereocenters. The first-order valence-electron chi connectivity index (χ1n) is 5.95. The summed E-state index contributed by atoms with van der Waals surface area (Å²) in [5.41, 5.74) is -1.47. The number of rotatable bonds is 5. The number of para-hydroxylation sites is 1. The zero-order chi connectivity index (χ0) is 17.2. The summed E-state index contributed by atoms with van der Waals surface area (Å²) < 4.78 is 33.6. The van der Waals surface area contributed by atoms with Crippen LogP contribution in [0.25, 0.3) is 0 Å². The van der Waals surface area contributed by atoms with Crippen LogP contribution in [0.3, 0.4) is 0 Å². The third-order valence-electron chi connectivity index (χ3n) is 2.81. The van der Waals surface area contributed by atoms with Crippen LogP contribution in [-0.4, -0.2) is 22.8 Å². The molecule has 0 amide bonds. The minimum Gasteiger partial charge on any atom is -0.744 e. The summed E-state index contributed by atoms with van der Waals surface area (Å²) in [7, 11) is -4.80. The molecule has 0 aromatic heterocycles. The van der Waals surface area contributed by atoms with Gasteiger partial charge >= 0.3 is 29.6 Å². The standard InChI is InChI=1S/C12H9N3O7S.Na/c16-14(17)8-5-6-9(11(7-8)15(18)19)13-10-3-1-2-4-12(10)23(20,21)22;/h1-7,13H,(H,20,21,22);/q;+1/p-1. The van der Waals surface area contributed by atoms with Gasteiger partial charge in [-0.1, -0.05) is 12.1 Å². The van der Waals surface area contributed by atoms with Gasteiger partial charge in [-0.2, -0.15) is 0 Å². The van der Waals surface area contributed by atoms with Crippen LogP contribution in [0.4, 0.5) is 22.7 Å². The van der Waals surface area contributed by atoms with Crippen molar-refractivity contribution in [1.29, 1.82) is 0 Å². The number of hydrogen-bond acceptors (Lipinski definition) is 8. The molecular formula is C12H8N3NaO7S.